The quantitative estimate of drug-likeness (QED) is 0.918. The smallest absolute Gasteiger partial charge is 0.137 e. The minimum atomic E-state index is -0.213. The fraction of sp³-hybridized carbons (Fsp3) is 0.600. The summed E-state index contributed by atoms with van der Waals surface area (Å²) in [6, 6.07) is 5.20. The highest BCUT2D eigenvalue weighted by Gasteiger charge is 2.41. The molecule has 0 aromatic heterocycles. The molecular formula is C15H22BrFN2. The van der Waals surface area contributed by atoms with Crippen LogP contribution in [0.5, 0.6) is 0 Å². The number of nitrogens with two attached hydrogens (primary N) is 1. The Hall–Kier alpha value is -0.450. The first-order valence-corrected chi connectivity index (χ1v) is 7.62. The second-order valence-corrected chi connectivity index (χ2v) is 6.52. The van der Waals surface area contributed by atoms with E-state index in [1.54, 1.807) is 6.07 Å². The van der Waals surface area contributed by atoms with Gasteiger partial charge in [0.05, 0.1) is 4.47 Å². The zero-order chi connectivity index (χ0) is 14.0. The van der Waals surface area contributed by atoms with E-state index in [1.165, 1.54) is 18.9 Å². The summed E-state index contributed by atoms with van der Waals surface area (Å²) in [5.74, 6) is -0.213. The van der Waals surface area contributed by atoms with Gasteiger partial charge in [-0.1, -0.05) is 25.0 Å². The molecule has 1 aliphatic rings. The number of likely N-dealkylation sites (N-methyl/N-ethyl adjacent to an activating group) is 1. The van der Waals surface area contributed by atoms with E-state index >= 15 is 0 Å². The Bertz CT molecular complexity index is 442. The number of hydrogen-bond donors (Lipinski definition) is 1. The largest absolute Gasteiger partial charge is 0.326 e. The van der Waals surface area contributed by atoms with Crippen LogP contribution >= 0.6 is 15.9 Å². The van der Waals surface area contributed by atoms with E-state index in [9.17, 15) is 4.39 Å². The molecule has 1 saturated carbocycles. The second kappa shape index (κ2) is 5.90. The van der Waals surface area contributed by atoms with Crippen molar-refractivity contribution in [1.29, 1.82) is 0 Å². The van der Waals surface area contributed by atoms with E-state index in [0.717, 1.165) is 18.4 Å². The molecular weight excluding hydrogens is 307 g/mol. The van der Waals surface area contributed by atoms with Gasteiger partial charge in [0.1, 0.15) is 5.82 Å². The van der Waals surface area contributed by atoms with Crippen molar-refractivity contribution < 1.29 is 4.39 Å². The molecule has 0 heterocycles. The average molecular weight is 329 g/mol. The highest BCUT2D eigenvalue weighted by molar-refractivity contribution is 9.10. The van der Waals surface area contributed by atoms with Crippen LogP contribution in [0, 0.1) is 5.82 Å². The molecule has 0 saturated heterocycles. The van der Waals surface area contributed by atoms with Gasteiger partial charge in [0.2, 0.25) is 0 Å². The van der Waals surface area contributed by atoms with Crippen LogP contribution in [-0.2, 0) is 6.42 Å². The van der Waals surface area contributed by atoms with Gasteiger partial charge in [-0.15, -0.1) is 0 Å². The maximum Gasteiger partial charge on any atom is 0.137 e. The van der Waals surface area contributed by atoms with E-state index in [2.05, 4.69) is 34.9 Å². The molecule has 1 aromatic carbocycles. The molecule has 19 heavy (non-hydrogen) atoms. The van der Waals surface area contributed by atoms with Crippen molar-refractivity contribution in [3.05, 3.63) is 34.1 Å². The fourth-order valence-electron chi connectivity index (χ4n) is 3.27. The van der Waals surface area contributed by atoms with Gasteiger partial charge >= 0.3 is 0 Å². The number of benzene rings is 1. The molecule has 2 nitrogen and oxygen atoms in total. The van der Waals surface area contributed by atoms with Gasteiger partial charge in [-0.2, -0.15) is 0 Å². The zero-order valence-electron chi connectivity index (χ0n) is 11.6. The first-order valence-electron chi connectivity index (χ1n) is 6.83. The number of halogens is 2. The fourth-order valence-corrected chi connectivity index (χ4v) is 3.70. The monoisotopic (exact) mass is 328 g/mol. The van der Waals surface area contributed by atoms with Gasteiger partial charge in [-0.05, 0) is 60.9 Å². The molecule has 0 bridgehead atoms. The molecule has 0 radical (unpaired) electrons. The molecule has 106 valence electrons. The van der Waals surface area contributed by atoms with Gasteiger partial charge in [-0.25, -0.2) is 4.39 Å². The molecule has 1 atom stereocenters. The van der Waals surface area contributed by atoms with E-state index in [4.69, 9.17) is 5.73 Å². The van der Waals surface area contributed by atoms with Crippen LogP contribution in [0.1, 0.15) is 31.2 Å². The standard InChI is InChI=1S/C15H22BrFN2/c1-19(2)15(8-3-4-9-15)13(18)10-11-6-5-7-12(17)14(11)16/h5-7,13H,3-4,8-10,18H2,1-2H3. The summed E-state index contributed by atoms with van der Waals surface area (Å²) in [5.41, 5.74) is 7.50. The zero-order valence-corrected chi connectivity index (χ0v) is 13.2. The minimum absolute atomic E-state index is 0.0306. The Balaban J connectivity index is 2.20. The van der Waals surface area contributed by atoms with Crippen LogP contribution in [0.3, 0.4) is 0 Å². The summed E-state index contributed by atoms with van der Waals surface area (Å²) in [6.07, 6.45) is 5.44. The molecule has 1 fully saturated rings. The lowest BCUT2D eigenvalue weighted by molar-refractivity contribution is 0.123. The Kier molecular flexibility index (Phi) is 4.64. The van der Waals surface area contributed by atoms with Gasteiger partial charge in [-0.3, -0.25) is 0 Å². The molecule has 2 N–H and O–H groups in total. The molecule has 0 spiro atoms. The summed E-state index contributed by atoms with van der Waals surface area (Å²) in [7, 11) is 4.21. The number of hydrogen-bond acceptors (Lipinski definition) is 2. The topological polar surface area (TPSA) is 29.3 Å². The molecule has 4 heteroatoms. The summed E-state index contributed by atoms with van der Waals surface area (Å²) >= 11 is 3.33. The van der Waals surface area contributed by atoms with E-state index < -0.39 is 0 Å². The van der Waals surface area contributed by atoms with Crippen molar-refractivity contribution >= 4 is 15.9 Å². The Morgan fingerprint density at radius 1 is 1.37 bits per heavy atom. The molecule has 1 aliphatic carbocycles. The predicted octanol–water partition coefficient (Wildman–Crippen LogP) is 3.33. The van der Waals surface area contributed by atoms with Crippen LogP contribution in [0.2, 0.25) is 0 Å². The van der Waals surface area contributed by atoms with Crippen LogP contribution < -0.4 is 5.73 Å². The van der Waals surface area contributed by atoms with Gasteiger partial charge < -0.3 is 10.6 Å². The first kappa shape index (κ1) is 14.9. The third-order valence-electron chi connectivity index (χ3n) is 4.52. The summed E-state index contributed by atoms with van der Waals surface area (Å²) < 4.78 is 14.1. The minimum Gasteiger partial charge on any atom is -0.326 e. The lowest BCUT2D eigenvalue weighted by Crippen LogP contribution is -2.56. The highest BCUT2D eigenvalue weighted by atomic mass is 79.9. The summed E-state index contributed by atoms with van der Waals surface area (Å²) in [5, 5.41) is 0. The Morgan fingerprint density at radius 3 is 2.58 bits per heavy atom. The van der Waals surface area contributed by atoms with E-state index in [-0.39, 0.29) is 17.4 Å². The maximum absolute atomic E-state index is 13.6. The third kappa shape index (κ3) is 2.86. The summed E-state index contributed by atoms with van der Waals surface area (Å²) in [6.45, 7) is 0. The Labute approximate surface area is 123 Å². The molecule has 1 aromatic rings. The van der Waals surface area contributed by atoms with Crippen LogP contribution in [0.15, 0.2) is 22.7 Å². The van der Waals surface area contributed by atoms with Gasteiger partial charge in [0, 0.05) is 11.6 Å². The van der Waals surface area contributed by atoms with Gasteiger partial charge in [0.25, 0.3) is 0 Å². The molecule has 0 amide bonds. The SMILES string of the molecule is CN(C)C1(C(N)Cc2cccc(F)c2Br)CCCC1. The normalized spacial score (nSPS) is 19.9. The van der Waals surface area contributed by atoms with E-state index in [1.807, 2.05) is 6.07 Å². The van der Waals surface area contributed by atoms with Crippen LogP contribution in [-0.4, -0.2) is 30.6 Å². The lowest BCUT2D eigenvalue weighted by Gasteiger charge is -2.41. The molecule has 0 aliphatic heterocycles. The predicted molar refractivity (Wildman–Crippen MR) is 80.7 cm³/mol. The van der Waals surface area contributed by atoms with Crippen molar-refractivity contribution in [1.82, 2.24) is 4.90 Å². The van der Waals surface area contributed by atoms with Crippen LogP contribution in [0.4, 0.5) is 4.39 Å². The van der Waals surface area contributed by atoms with Gasteiger partial charge in [0.15, 0.2) is 0 Å². The third-order valence-corrected chi connectivity index (χ3v) is 5.41. The number of rotatable bonds is 4. The van der Waals surface area contributed by atoms with Crippen LogP contribution in [0.25, 0.3) is 0 Å². The highest BCUT2D eigenvalue weighted by Crippen LogP contribution is 2.37. The maximum atomic E-state index is 13.6. The lowest BCUT2D eigenvalue weighted by atomic mass is 9.83. The molecule has 2 rings (SSSR count). The van der Waals surface area contributed by atoms with Crippen molar-refractivity contribution in [3.63, 3.8) is 0 Å². The Morgan fingerprint density at radius 2 is 2.00 bits per heavy atom. The number of nitrogens with zero attached hydrogens (tertiary/aromatic N) is 1. The van der Waals surface area contributed by atoms with Crippen molar-refractivity contribution in [2.45, 2.75) is 43.7 Å². The van der Waals surface area contributed by atoms with Crippen molar-refractivity contribution in [2.24, 2.45) is 5.73 Å². The van der Waals surface area contributed by atoms with E-state index in [0.29, 0.717) is 10.9 Å². The first-order chi connectivity index (χ1) is 8.97. The summed E-state index contributed by atoms with van der Waals surface area (Å²) in [4.78, 5) is 2.26. The second-order valence-electron chi connectivity index (χ2n) is 5.73. The molecule has 1 unspecified atom stereocenters. The van der Waals surface area contributed by atoms with Crippen molar-refractivity contribution in [3.8, 4) is 0 Å². The average Bonchev–Trinajstić information content (AvgIpc) is 2.85. The van der Waals surface area contributed by atoms with Crippen molar-refractivity contribution in [2.75, 3.05) is 14.1 Å².